The molecule has 0 aliphatic rings. The Bertz CT molecular complexity index is 1030. The van der Waals surface area contributed by atoms with E-state index in [4.69, 9.17) is 4.74 Å². The quantitative estimate of drug-likeness (QED) is 0.558. The van der Waals surface area contributed by atoms with Gasteiger partial charge in [0.05, 0.1) is 18.4 Å². The summed E-state index contributed by atoms with van der Waals surface area (Å²) >= 11 is 1.41. The topological polar surface area (TPSA) is 75.0 Å². The Kier molecular flexibility index (Phi) is 6.88. The second-order valence-corrected chi connectivity index (χ2v) is 7.49. The summed E-state index contributed by atoms with van der Waals surface area (Å²) in [5, 5.41) is 12.9. The lowest BCUT2D eigenvalue weighted by atomic mass is 10.1. The number of amides is 1. The maximum absolute atomic E-state index is 12.2. The van der Waals surface area contributed by atoms with Gasteiger partial charge in [-0.2, -0.15) is 5.26 Å². The Hall–Kier alpha value is -3.30. The fourth-order valence-corrected chi connectivity index (χ4v) is 3.57. The monoisotopic (exact) mass is 403 g/mol. The van der Waals surface area contributed by atoms with Crippen LogP contribution in [0.25, 0.3) is 11.3 Å². The van der Waals surface area contributed by atoms with Crippen LogP contribution in [-0.2, 0) is 4.79 Å². The molecule has 1 N–H and O–H groups in total. The molecule has 1 amide bonds. The zero-order valence-electron chi connectivity index (χ0n) is 16.3. The van der Waals surface area contributed by atoms with E-state index in [-0.39, 0.29) is 5.91 Å². The van der Waals surface area contributed by atoms with Gasteiger partial charge < -0.3 is 10.1 Å². The van der Waals surface area contributed by atoms with Crippen LogP contribution in [0.4, 0.5) is 5.69 Å². The molecule has 0 bridgehead atoms. The van der Waals surface area contributed by atoms with Gasteiger partial charge in [0.25, 0.3) is 0 Å². The number of ether oxygens (including phenoxy) is 1. The normalized spacial score (nSPS) is 10.2. The van der Waals surface area contributed by atoms with Gasteiger partial charge in [0, 0.05) is 23.4 Å². The summed E-state index contributed by atoms with van der Waals surface area (Å²) in [5.41, 5.74) is 4.15. The highest BCUT2D eigenvalue weighted by atomic mass is 32.2. The minimum atomic E-state index is -0.0637. The maximum Gasteiger partial charge on any atom is 0.225 e. The molecule has 5 nitrogen and oxygen atoms in total. The Morgan fingerprint density at radius 1 is 1.10 bits per heavy atom. The number of hydrogen-bond acceptors (Lipinski definition) is 5. The number of rotatable bonds is 7. The number of nitrogens with one attached hydrogen (secondary N) is 1. The fraction of sp³-hybridized carbons (Fsp3) is 0.174. The molecule has 146 valence electrons. The van der Waals surface area contributed by atoms with E-state index in [1.54, 1.807) is 13.2 Å². The number of carbonyl (C=O) groups is 1. The summed E-state index contributed by atoms with van der Waals surface area (Å²) in [5.74, 6) is 1.24. The molecule has 6 heteroatoms. The van der Waals surface area contributed by atoms with Crippen LogP contribution < -0.4 is 10.1 Å². The summed E-state index contributed by atoms with van der Waals surface area (Å²) in [7, 11) is 1.62. The van der Waals surface area contributed by atoms with Crippen LogP contribution in [-0.4, -0.2) is 23.8 Å². The van der Waals surface area contributed by atoms with Gasteiger partial charge in [0.15, 0.2) is 0 Å². The van der Waals surface area contributed by atoms with Crippen LogP contribution in [0.1, 0.15) is 17.5 Å². The first-order valence-electron chi connectivity index (χ1n) is 9.14. The molecule has 3 aromatic rings. The molecular weight excluding hydrogens is 382 g/mol. The summed E-state index contributed by atoms with van der Waals surface area (Å²) < 4.78 is 5.18. The number of methoxy groups -OCH3 is 1. The molecular formula is C23H21N3O2S. The van der Waals surface area contributed by atoms with Crippen molar-refractivity contribution in [2.45, 2.75) is 18.4 Å². The van der Waals surface area contributed by atoms with Crippen molar-refractivity contribution < 1.29 is 9.53 Å². The number of pyridine rings is 1. The Balaban J connectivity index is 1.63. The minimum Gasteiger partial charge on any atom is -0.497 e. The lowest BCUT2D eigenvalue weighted by Crippen LogP contribution is -2.12. The van der Waals surface area contributed by atoms with Crippen molar-refractivity contribution in [1.82, 2.24) is 4.98 Å². The number of aromatic nitrogens is 1. The van der Waals surface area contributed by atoms with E-state index in [0.29, 0.717) is 22.8 Å². The Morgan fingerprint density at radius 3 is 2.48 bits per heavy atom. The molecule has 0 spiro atoms. The lowest BCUT2D eigenvalue weighted by Gasteiger charge is -2.08. The highest BCUT2D eigenvalue weighted by molar-refractivity contribution is 7.99. The van der Waals surface area contributed by atoms with Crippen LogP contribution in [0.3, 0.4) is 0 Å². The molecule has 1 heterocycles. The van der Waals surface area contributed by atoms with Gasteiger partial charge in [-0.3, -0.25) is 4.79 Å². The minimum absolute atomic E-state index is 0.0637. The van der Waals surface area contributed by atoms with E-state index >= 15 is 0 Å². The number of nitriles is 1. The average molecular weight is 404 g/mol. The molecule has 0 aliphatic heterocycles. The van der Waals surface area contributed by atoms with Gasteiger partial charge in [-0.25, -0.2) is 4.98 Å². The van der Waals surface area contributed by atoms with Gasteiger partial charge in [0.1, 0.15) is 16.8 Å². The van der Waals surface area contributed by atoms with E-state index in [1.807, 2.05) is 61.5 Å². The molecule has 0 saturated carbocycles. The molecule has 0 radical (unpaired) electrons. The SMILES string of the molecule is COc1ccc(-c2ccc(C#N)c(SCCC(=O)Nc3ccc(C)cc3)n2)cc1. The smallest absolute Gasteiger partial charge is 0.225 e. The first kappa shape index (κ1) is 20.4. The molecule has 2 aromatic carbocycles. The molecule has 0 atom stereocenters. The zero-order valence-corrected chi connectivity index (χ0v) is 17.1. The van der Waals surface area contributed by atoms with Gasteiger partial charge in [0.2, 0.25) is 5.91 Å². The van der Waals surface area contributed by atoms with Crippen LogP contribution in [0.5, 0.6) is 5.75 Å². The third-order valence-corrected chi connectivity index (χ3v) is 5.26. The third-order valence-electron chi connectivity index (χ3n) is 4.27. The summed E-state index contributed by atoms with van der Waals surface area (Å²) in [6, 6.07) is 21.0. The van der Waals surface area contributed by atoms with Crippen molar-refractivity contribution in [2.75, 3.05) is 18.2 Å². The molecule has 0 fully saturated rings. The number of benzene rings is 2. The van der Waals surface area contributed by atoms with Gasteiger partial charge in [-0.05, 0) is 55.5 Å². The standard InChI is InChI=1S/C23H21N3O2S/c1-16-3-8-19(9-4-16)25-22(27)13-14-29-23-18(15-24)7-12-21(26-23)17-5-10-20(28-2)11-6-17/h3-12H,13-14H2,1-2H3,(H,25,27). The average Bonchev–Trinajstić information content (AvgIpc) is 2.75. The lowest BCUT2D eigenvalue weighted by molar-refractivity contribution is -0.115. The van der Waals surface area contributed by atoms with Gasteiger partial charge >= 0.3 is 0 Å². The zero-order chi connectivity index (χ0) is 20.6. The Labute approximate surface area is 174 Å². The van der Waals surface area contributed by atoms with Crippen molar-refractivity contribution in [3.63, 3.8) is 0 Å². The number of anilines is 1. The van der Waals surface area contributed by atoms with Crippen LogP contribution >= 0.6 is 11.8 Å². The first-order valence-corrected chi connectivity index (χ1v) is 10.1. The van der Waals surface area contributed by atoms with E-state index in [9.17, 15) is 10.1 Å². The highest BCUT2D eigenvalue weighted by Gasteiger charge is 2.10. The van der Waals surface area contributed by atoms with Crippen LogP contribution in [0, 0.1) is 18.3 Å². The summed E-state index contributed by atoms with van der Waals surface area (Å²) in [6.07, 6.45) is 0.331. The summed E-state index contributed by atoms with van der Waals surface area (Å²) in [6.45, 7) is 2.00. The third kappa shape index (κ3) is 5.59. The van der Waals surface area contributed by atoms with Gasteiger partial charge in [-0.15, -0.1) is 11.8 Å². The van der Waals surface area contributed by atoms with Crippen molar-refractivity contribution in [3.05, 3.63) is 71.8 Å². The molecule has 0 unspecified atom stereocenters. The number of hydrogen-bond donors (Lipinski definition) is 1. The highest BCUT2D eigenvalue weighted by Crippen LogP contribution is 2.27. The first-order chi connectivity index (χ1) is 14.1. The van der Waals surface area contributed by atoms with Crippen molar-refractivity contribution >= 4 is 23.4 Å². The Morgan fingerprint density at radius 2 is 1.83 bits per heavy atom. The summed E-state index contributed by atoms with van der Waals surface area (Å²) in [4.78, 5) is 16.8. The number of nitrogens with zero attached hydrogens (tertiary/aromatic N) is 2. The molecule has 0 aliphatic carbocycles. The molecule has 3 rings (SSSR count). The predicted molar refractivity (Wildman–Crippen MR) is 116 cm³/mol. The van der Waals surface area contributed by atoms with Crippen molar-refractivity contribution in [2.24, 2.45) is 0 Å². The number of thioether (sulfide) groups is 1. The largest absolute Gasteiger partial charge is 0.497 e. The van der Waals surface area contributed by atoms with E-state index < -0.39 is 0 Å². The van der Waals surface area contributed by atoms with E-state index in [2.05, 4.69) is 16.4 Å². The molecule has 1 aromatic heterocycles. The van der Waals surface area contributed by atoms with Crippen molar-refractivity contribution in [3.8, 4) is 23.1 Å². The fourth-order valence-electron chi connectivity index (χ4n) is 2.66. The number of carbonyl (C=O) groups excluding carboxylic acids is 1. The van der Waals surface area contributed by atoms with Crippen molar-refractivity contribution in [1.29, 1.82) is 5.26 Å². The van der Waals surface area contributed by atoms with Gasteiger partial charge in [-0.1, -0.05) is 17.7 Å². The molecule has 0 saturated heterocycles. The number of aryl methyl sites for hydroxylation is 1. The van der Waals surface area contributed by atoms with E-state index in [1.165, 1.54) is 11.8 Å². The van der Waals surface area contributed by atoms with E-state index in [0.717, 1.165) is 28.3 Å². The second-order valence-electron chi connectivity index (χ2n) is 6.40. The second kappa shape index (κ2) is 9.76. The van der Waals surface area contributed by atoms with Crippen LogP contribution in [0.2, 0.25) is 0 Å². The predicted octanol–water partition coefficient (Wildman–Crippen LogP) is 5.06. The van der Waals surface area contributed by atoms with Crippen LogP contribution in [0.15, 0.2) is 65.7 Å². The maximum atomic E-state index is 12.2. The molecule has 29 heavy (non-hydrogen) atoms.